The molecule has 1 atom stereocenters. The van der Waals surface area contributed by atoms with Gasteiger partial charge in [0.2, 0.25) is 0 Å². The van der Waals surface area contributed by atoms with Gasteiger partial charge in [0.25, 0.3) is 0 Å². The minimum atomic E-state index is 0.225. The molecule has 1 aromatic rings. The van der Waals surface area contributed by atoms with E-state index < -0.39 is 0 Å². The van der Waals surface area contributed by atoms with E-state index in [0.717, 1.165) is 37.2 Å². The third-order valence-corrected chi connectivity index (χ3v) is 2.70. The minimum Gasteiger partial charge on any atom is -0.396 e. The average molecular weight is 226 g/mol. The summed E-state index contributed by atoms with van der Waals surface area (Å²) in [5, 5.41) is 17.1. The predicted octanol–water partition coefficient (Wildman–Crippen LogP) is 0.708. The zero-order valence-corrected chi connectivity index (χ0v) is 10.2. The molecule has 0 aromatic carbocycles. The third kappa shape index (κ3) is 3.28. The van der Waals surface area contributed by atoms with Gasteiger partial charge in [-0.05, 0) is 18.8 Å². The number of nitrogens with two attached hydrogens (primary N) is 1. The van der Waals surface area contributed by atoms with E-state index in [1.807, 2.05) is 4.68 Å². The molecule has 0 aliphatic rings. The molecule has 3 N–H and O–H groups in total. The molecular formula is C11H22N4O. The van der Waals surface area contributed by atoms with Crippen molar-refractivity contribution in [3.8, 4) is 0 Å². The maximum atomic E-state index is 8.87. The monoisotopic (exact) mass is 226 g/mol. The summed E-state index contributed by atoms with van der Waals surface area (Å²) < 4.78 is 1.94. The number of nitrogens with zero attached hydrogens (tertiary/aromatic N) is 3. The summed E-state index contributed by atoms with van der Waals surface area (Å²) in [5.41, 5.74) is 7.68. The van der Waals surface area contributed by atoms with Crippen LogP contribution in [0.1, 0.15) is 38.1 Å². The number of aliphatic hydroxyl groups is 1. The van der Waals surface area contributed by atoms with Gasteiger partial charge < -0.3 is 10.8 Å². The quantitative estimate of drug-likeness (QED) is 0.717. The fourth-order valence-corrected chi connectivity index (χ4v) is 1.79. The molecule has 1 aromatic heterocycles. The second-order valence-corrected chi connectivity index (χ2v) is 4.24. The molecule has 1 unspecified atom stereocenters. The van der Waals surface area contributed by atoms with E-state index in [1.54, 1.807) is 0 Å². The van der Waals surface area contributed by atoms with Gasteiger partial charge in [-0.25, -0.2) is 4.68 Å². The molecule has 0 amide bonds. The molecule has 16 heavy (non-hydrogen) atoms. The van der Waals surface area contributed by atoms with Crippen molar-refractivity contribution in [1.29, 1.82) is 0 Å². The van der Waals surface area contributed by atoms with Crippen LogP contribution in [-0.2, 0) is 19.5 Å². The highest BCUT2D eigenvalue weighted by molar-refractivity contribution is 5.10. The summed E-state index contributed by atoms with van der Waals surface area (Å²) in [6.07, 6.45) is 2.82. The Morgan fingerprint density at radius 2 is 2.25 bits per heavy atom. The maximum Gasteiger partial charge on any atom is 0.0994 e. The van der Waals surface area contributed by atoms with Crippen molar-refractivity contribution in [2.45, 2.75) is 46.2 Å². The molecule has 0 saturated heterocycles. The Morgan fingerprint density at radius 1 is 1.50 bits per heavy atom. The van der Waals surface area contributed by atoms with Gasteiger partial charge in [0.05, 0.1) is 11.4 Å². The lowest BCUT2D eigenvalue weighted by Gasteiger charge is -2.12. The Bertz CT molecular complexity index is 311. The number of hydrogen-bond acceptors (Lipinski definition) is 4. The summed E-state index contributed by atoms with van der Waals surface area (Å²) in [5.74, 6) is 0.410. The van der Waals surface area contributed by atoms with Gasteiger partial charge in [-0.3, -0.25) is 0 Å². The number of aliphatic hydroxyl groups excluding tert-OH is 1. The van der Waals surface area contributed by atoms with Crippen LogP contribution in [0.5, 0.6) is 0 Å². The molecule has 92 valence electrons. The van der Waals surface area contributed by atoms with Crippen molar-refractivity contribution >= 4 is 0 Å². The summed E-state index contributed by atoms with van der Waals surface area (Å²) in [6.45, 7) is 5.72. The predicted molar refractivity (Wildman–Crippen MR) is 62.8 cm³/mol. The van der Waals surface area contributed by atoms with Crippen LogP contribution in [-0.4, -0.2) is 26.7 Å². The first-order chi connectivity index (χ1) is 7.72. The molecular weight excluding hydrogens is 204 g/mol. The van der Waals surface area contributed by atoms with Gasteiger partial charge >= 0.3 is 0 Å². The molecule has 5 nitrogen and oxygen atoms in total. The lowest BCUT2D eigenvalue weighted by Crippen LogP contribution is -2.14. The molecule has 0 aliphatic carbocycles. The van der Waals surface area contributed by atoms with Gasteiger partial charge in [-0.1, -0.05) is 25.5 Å². The van der Waals surface area contributed by atoms with Crippen molar-refractivity contribution in [1.82, 2.24) is 15.0 Å². The first kappa shape index (κ1) is 13.1. The van der Waals surface area contributed by atoms with Crippen molar-refractivity contribution < 1.29 is 5.11 Å². The number of rotatable bonds is 7. The zero-order chi connectivity index (χ0) is 12.0. The van der Waals surface area contributed by atoms with Crippen LogP contribution in [0.15, 0.2) is 0 Å². The zero-order valence-electron chi connectivity index (χ0n) is 10.2. The molecule has 1 rings (SSSR count). The Kier molecular flexibility index (Phi) is 5.42. The van der Waals surface area contributed by atoms with E-state index in [2.05, 4.69) is 24.2 Å². The number of aromatic nitrogens is 3. The first-order valence-electron chi connectivity index (χ1n) is 5.95. The highest BCUT2D eigenvalue weighted by atomic mass is 16.3. The third-order valence-electron chi connectivity index (χ3n) is 2.70. The van der Waals surface area contributed by atoms with Gasteiger partial charge in [0.15, 0.2) is 0 Å². The van der Waals surface area contributed by atoms with E-state index in [-0.39, 0.29) is 6.61 Å². The molecule has 0 spiro atoms. The van der Waals surface area contributed by atoms with Gasteiger partial charge in [0.1, 0.15) is 0 Å². The second kappa shape index (κ2) is 6.60. The summed E-state index contributed by atoms with van der Waals surface area (Å²) in [7, 11) is 0. The molecule has 0 aliphatic heterocycles. The van der Waals surface area contributed by atoms with Crippen LogP contribution >= 0.6 is 0 Å². The summed E-state index contributed by atoms with van der Waals surface area (Å²) >= 11 is 0. The van der Waals surface area contributed by atoms with Crippen LogP contribution in [0.25, 0.3) is 0 Å². The van der Waals surface area contributed by atoms with Crippen molar-refractivity contribution in [2.75, 3.05) is 6.61 Å². The average Bonchev–Trinajstić information content (AvgIpc) is 2.62. The van der Waals surface area contributed by atoms with E-state index >= 15 is 0 Å². The lowest BCUT2D eigenvalue weighted by molar-refractivity contribution is 0.250. The Morgan fingerprint density at radius 3 is 2.81 bits per heavy atom. The lowest BCUT2D eigenvalue weighted by atomic mass is 10.1. The van der Waals surface area contributed by atoms with Crippen LogP contribution in [0.3, 0.4) is 0 Å². The Hall–Kier alpha value is -0.940. The highest BCUT2D eigenvalue weighted by Gasteiger charge is 2.12. The standard InChI is InChI=1S/C11H22N4O/c1-3-4-11-10(7-12)13-14-15(11)8-9(2)5-6-16/h9,16H,3-8,12H2,1-2H3. The van der Waals surface area contributed by atoms with Gasteiger partial charge in [0, 0.05) is 19.7 Å². The van der Waals surface area contributed by atoms with E-state index in [9.17, 15) is 0 Å². The first-order valence-corrected chi connectivity index (χ1v) is 5.95. The highest BCUT2D eigenvalue weighted by Crippen LogP contribution is 2.12. The smallest absolute Gasteiger partial charge is 0.0994 e. The summed E-state index contributed by atoms with van der Waals surface area (Å²) in [6, 6.07) is 0. The minimum absolute atomic E-state index is 0.225. The molecule has 0 fully saturated rings. The summed E-state index contributed by atoms with van der Waals surface area (Å²) in [4.78, 5) is 0. The van der Waals surface area contributed by atoms with E-state index in [1.165, 1.54) is 0 Å². The molecule has 0 bridgehead atoms. The molecule has 5 heteroatoms. The Balaban J connectivity index is 2.74. The van der Waals surface area contributed by atoms with E-state index in [4.69, 9.17) is 10.8 Å². The largest absolute Gasteiger partial charge is 0.396 e. The van der Waals surface area contributed by atoms with Crippen LogP contribution in [0, 0.1) is 5.92 Å². The fraction of sp³-hybridized carbons (Fsp3) is 0.818. The van der Waals surface area contributed by atoms with E-state index in [0.29, 0.717) is 12.5 Å². The Labute approximate surface area is 96.6 Å². The van der Waals surface area contributed by atoms with Crippen LogP contribution in [0.4, 0.5) is 0 Å². The van der Waals surface area contributed by atoms with Crippen LogP contribution < -0.4 is 5.73 Å². The van der Waals surface area contributed by atoms with Gasteiger partial charge in [-0.15, -0.1) is 5.10 Å². The second-order valence-electron chi connectivity index (χ2n) is 4.24. The van der Waals surface area contributed by atoms with Crippen molar-refractivity contribution in [3.63, 3.8) is 0 Å². The van der Waals surface area contributed by atoms with Gasteiger partial charge in [-0.2, -0.15) is 0 Å². The molecule has 1 heterocycles. The number of hydrogen-bond donors (Lipinski definition) is 2. The normalized spacial score (nSPS) is 13.0. The maximum absolute atomic E-state index is 8.87. The molecule has 0 saturated carbocycles. The molecule has 0 radical (unpaired) electrons. The SMILES string of the molecule is CCCc1c(CN)nnn1CC(C)CCO. The van der Waals surface area contributed by atoms with Crippen molar-refractivity contribution in [3.05, 3.63) is 11.4 Å². The van der Waals surface area contributed by atoms with Crippen LogP contribution in [0.2, 0.25) is 0 Å². The topological polar surface area (TPSA) is 77.0 Å². The fourth-order valence-electron chi connectivity index (χ4n) is 1.79. The van der Waals surface area contributed by atoms with Crippen molar-refractivity contribution in [2.24, 2.45) is 11.7 Å².